The Kier molecular flexibility index (Phi) is 5.51. The summed E-state index contributed by atoms with van der Waals surface area (Å²) in [4.78, 5) is 0. The van der Waals surface area contributed by atoms with Gasteiger partial charge < -0.3 is 4.74 Å². The molecule has 0 radical (unpaired) electrons. The number of benzene rings is 2. The molecule has 0 saturated heterocycles. The molecule has 0 aliphatic carbocycles. The van der Waals surface area contributed by atoms with Crippen molar-refractivity contribution in [3.63, 3.8) is 0 Å². The molecule has 1 nitrogen and oxygen atoms in total. The van der Waals surface area contributed by atoms with Gasteiger partial charge in [0.05, 0.1) is 15.6 Å². The normalized spacial score (nSPS) is 11.0. The first-order chi connectivity index (χ1) is 10.7. The van der Waals surface area contributed by atoms with E-state index in [-0.39, 0.29) is 25.8 Å². The molecule has 0 bridgehead atoms. The van der Waals surface area contributed by atoms with Crippen LogP contribution < -0.4 is 4.74 Å². The number of hydrogen-bond donors (Lipinski definition) is 0. The monoisotopic (exact) mass is 410 g/mol. The van der Waals surface area contributed by atoms with E-state index in [1.165, 1.54) is 6.07 Å². The maximum atomic E-state index is 13.5. The van der Waals surface area contributed by atoms with Crippen LogP contribution in [-0.4, -0.2) is 0 Å². The highest BCUT2D eigenvalue weighted by Gasteiger charge is 2.26. The third-order valence-electron chi connectivity index (χ3n) is 2.73. The van der Waals surface area contributed by atoms with E-state index >= 15 is 0 Å². The summed E-state index contributed by atoms with van der Waals surface area (Å²) in [6, 6.07) is 1.19. The van der Waals surface area contributed by atoms with Gasteiger partial charge in [0, 0.05) is 0 Å². The van der Waals surface area contributed by atoms with Crippen LogP contribution in [0.15, 0.2) is 6.07 Å². The quantitative estimate of drug-likeness (QED) is 0.315. The average molecular weight is 412 g/mol. The first-order valence-corrected chi connectivity index (χ1v) is 7.14. The number of ether oxygens (including phenoxy) is 1. The van der Waals surface area contributed by atoms with Crippen molar-refractivity contribution in [1.82, 2.24) is 0 Å². The molecule has 2 rings (SSSR count). The fourth-order valence-electron chi connectivity index (χ4n) is 1.60. The van der Waals surface area contributed by atoms with Crippen LogP contribution in [0.5, 0.6) is 5.75 Å². The van der Waals surface area contributed by atoms with Crippen LogP contribution in [0.4, 0.5) is 22.0 Å². The number of halogens is 9. The minimum absolute atomic E-state index is 0.0755. The van der Waals surface area contributed by atoms with E-state index in [9.17, 15) is 22.0 Å². The van der Waals surface area contributed by atoms with Gasteiger partial charge in [0.25, 0.3) is 0 Å². The van der Waals surface area contributed by atoms with Gasteiger partial charge in [-0.05, 0) is 6.07 Å². The van der Waals surface area contributed by atoms with E-state index in [0.717, 1.165) is 0 Å². The highest BCUT2D eigenvalue weighted by Crippen LogP contribution is 2.43. The summed E-state index contributed by atoms with van der Waals surface area (Å²) >= 11 is 23.1. The molecule has 0 amide bonds. The summed E-state index contributed by atoms with van der Waals surface area (Å²) in [5.41, 5.74) is -1.19. The Morgan fingerprint density at radius 3 is 1.52 bits per heavy atom. The van der Waals surface area contributed by atoms with E-state index in [1.807, 2.05) is 0 Å². The largest absolute Gasteiger partial charge is 0.485 e. The lowest BCUT2D eigenvalue weighted by atomic mass is 10.2. The lowest BCUT2D eigenvalue weighted by Crippen LogP contribution is -2.10. The molecule has 0 atom stereocenters. The van der Waals surface area contributed by atoms with Gasteiger partial charge in [-0.25, -0.2) is 22.0 Å². The van der Waals surface area contributed by atoms with Gasteiger partial charge in [-0.1, -0.05) is 46.4 Å². The van der Waals surface area contributed by atoms with Crippen LogP contribution in [0.1, 0.15) is 5.56 Å². The molecule has 0 heterocycles. The second kappa shape index (κ2) is 6.89. The molecule has 0 fully saturated rings. The van der Waals surface area contributed by atoms with Gasteiger partial charge in [-0.3, -0.25) is 0 Å². The fraction of sp³-hybridized carbons (Fsp3) is 0.0769. The second-order valence-corrected chi connectivity index (χ2v) is 5.70. The molecule has 2 aromatic rings. The van der Waals surface area contributed by atoms with Crippen molar-refractivity contribution >= 4 is 46.4 Å². The van der Waals surface area contributed by atoms with Crippen LogP contribution in [0.25, 0.3) is 0 Å². The predicted octanol–water partition coefficient (Wildman–Crippen LogP) is 6.57. The molecule has 0 N–H and O–H groups in total. The van der Waals surface area contributed by atoms with Crippen LogP contribution in [0.3, 0.4) is 0 Å². The standard InChI is InChI=1S/C13H3Cl4F5O/c14-4-1-5(15)7(17)13(6(4)16)23-2-3-8(18)10(20)12(22)11(21)9(3)19/h1H,2H2. The highest BCUT2D eigenvalue weighted by atomic mass is 35.5. The molecule has 0 saturated carbocycles. The van der Waals surface area contributed by atoms with Gasteiger partial charge >= 0.3 is 0 Å². The zero-order chi connectivity index (χ0) is 17.5. The van der Waals surface area contributed by atoms with Gasteiger partial charge in [-0.15, -0.1) is 0 Å². The maximum absolute atomic E-state index is 13.5. The third kappa shape index (κ3) is 3.31. The minimum Gasteiger partial charge on any atom is -0.485 e. The Balaban J connectivity index is 2.44. The van der Waals surface area contributed by atoms with Crippen molar-refractivity contribution in [2.75, 3.05) is 0 Å². The Bertz CT molecular complexity index is 742. The molecule has 0 aliphatic heterocycles. The lowest BCUT2D eigenvalue weighted by molar-refractivity contribution is 0.279. The summed E-state index contributed by atoms with van der Waals surface area (Å²) in [5.74, 6) is -10.9. The first-order valence-electron chi connectivity index (χ1n) is 5.62. The Morgan fingerprint density at radius 2 is 1.09 bits per heavy atom. The third-order valence-corrected chi connectivity index (χ3v) is 4.27. The summed E-state index contributed by atoms with van der Waals surface area (Å²) in [7, 11) is 0. The molecular formula is C13H3Cl4F5O. The zero-order valence-electron chi connectivity index (χ0n) is 10.6. The van der Waals surface area contributed by atoms with Gasteiger partial charge in [-0.2, -0.15) is 0 Å². The first kappa shape index (κ1) is 18.4. The lowest BCUT2D eigenvalue weighted by Gasteiger charge is -2.13. The molecule has 0 aromatic heterocycles. The van der Waals surface area contributed by atoms with Crippen molar-refractivity contribution in [2.45, 2.75) is 6.61 Å². The summed E-state index contributed by atoms with van der Waals surface area (Å²) in [6.07, 6.45) is 0. The van der Waals surface area contributed by atoms with E-state index in [1.54, 1.807) is 0 Å². The Hall–Kier alpha value is -0.950. The van der Waals surface area contributed by atoms with Crippen LogP contribution in [0, 0.1) is 29.1 Å². The molecular weight excluding hydrogens is 409 g/mol. The van der Waals surface area contributed by atoms with Gasteiger partial charge in [0.1, 0.15) is 16.7 Å². The summed E-state index contributed by atoms with van der Waals surface area (Å²) < 4.78 is 71.2. The van der Waals surface area contributed by atoms with Gasteiger partial charge in [0.2, 0.25) is 5.82 Å². The van der Waals surface area contributed by atoms with Crippen molar-refractivity contribution in [2.24, 2.45) is 0 Å². The van der Waals surface area contributed by atoms with Gasteiger partial charge in [0.15, 0.2) is 29.0 Å². The fourth-order valence-corrected chi connectivity index (χ4v) is 2.50. The molecule has 10 heteroatoms. The minimum atomic E-state index is -2.27. The van der Waals surface area contributed by atoms with E-state index in [4.69, 9.17) is 51.1 Å². The van der Waals surface area contributed by atoms with E-state index in [0.29, 0.717) is 0 Å². The highest BCUT2D eigenvalue weighted by molar-refractivity contribution is 6.48. The molecule has 0 spiro atoms. The Labute approximate surface area is 146 Å². The average Bonchev–Trinajstić information content (AvgIpc) is 2.52. The van der Waals surface area contributed by atoms with Crippen LogP contribution in [-0.2, 0) is 6.61 Å². The summed E-state index contributed by atoms with van der Waals surface area (Å²) in [5, 5.41) is -0.614. The molecule has 124 valence electrons. The van der Waals surface area contributed by atoms with Crippen LogP contribution in [0.2, 0.25) is 20.1 Å². The molecule has 23 heavy (non-hydrogen) atoms. The topological polar surface area (TPSA) is 9.23 Å². The zero-order valence-corrected chi connectivity index (χ0v) is 13.6. The van der Waals surface area contributed by atoms with E-state index < -0.39 is 41.3 Å². The van der Waals surface area contributed by atoms with Crippen molar-refractivity contribution in [1.29, 1.82) is 0 Å². The SMILES string of the molecule is Fc1c(F)c(F)c(COc2c(Cl)c(Cl)cc(Cl)c2Cl)c(F)c1F. The molecule has 0 aliphatic rings. The second-order valence-electron chi connectivity index (χ2n) is 4.13. The van der Waals surface area contributed by atoms with Crippen molar-refractivity contribution in [3.05, 3.63) is 60.8 Å². The van der Waals surface area contributed by atoms with Crippen molar-refractivity contribution < 1.29 is 26.7 Å². The number of rotatable bonds is 3. The number of hydrogen-bond acceptors (Lipinski definition) is 1. The predicted molar refractivity (Wildman–Crippen MR) is 77.0 cm³/mol. The van der Waals surface area contributed by atoms with Crippen molar-refractivity contribution in [3.8, 4) is 5.75 Å². The van der Waals surface area contributed by atoms with E-state index in [2.05, 4.69) is 0 Å². The molecule has 2 aromatic carbocycles. The molecule has 0 unspecified atom stereocenters. The van der Waals surface area contributed by atoms with Crippen LogP contribution >= 0.6 is 46.4 Å². The summed E-state index contributed by atoms with van der Waals surface area (Å²) in [6.45, 7) is -1.04. The maximum Gasteiger partial charge on any atom is 0.200 e. The Morgan fingerprint density at radius 1 is 0.696 bits per heavy atom. The smallest absolute Gasteiger partial charge is 0.200 e.